The van der Waals surface area contributed by atoms with E-state index in [1.54, 1.807) is 24.3 Å². The van der Waals surface area contributed by atoms with Crippen LogP contribution >= 0.6 is 23.8 Å². The predicted octanol–water partition coefficient (Wildman–Crippen LogP) is 0.585. The zero-order valence-electron chi connectivity index (χ0n) is 10.8. The van der Waals surface area contributed by atoms with Crippen LogP contribution in [0.3, 0.4) is 0 Å². The SMILES string of the molecule is CCNC(=S)NNC(=O)CNC(=O)c1ccccc1Cl. The molecule has 0 radical (unpaired) electrons. The molecule has 0 spiro atoms. The number of carbonyl (C=O) groups excluding carboxylic acids is 2. The first kappa shape index (κ1) is 16.2. The van der Waals surface area contributed by atoms with Gasteiger partial charge in [0.1, 0.15) is 0 Å². The average molecular weight is 315 g/mol. The number of rotatable bonds is 4. The quantitative estimate of drug-likeness (QED) is 0.483. The molecule has 0 bridgehead atoms. The summed E-state index contributed by atoms with van der Waals surface area (Å²) >= 11 is 10.7. The fourth-order valence-corrected chi connectivity index (χ4v) is 1.69. The van der Waals surface area contributed by atoms with Crippen molar-refractivity contribution in [3.05, 3.63) is 34.9 Å². The lowest BCUT2D eigenvalue weighted by Gasteiger charge is -2.10. The number of thiocarbonyl (C=S) groups is 1. The summed E-state index contributed by atoms with van der Waals surface area (Å²) in [4.78, 5) is 23.2. The maximum Gasteiger partial charge on any atom is 0.257 e. The Morgan fingerprint density at radius 1 is 1.20 bits per heavy atom. The highest BCUT2D eigenvalue weighted by Gasteiger charge is 2.10. The van der Waals surface area contributed by atoms with Gasteiger partial charge in [0.15, 0.2) is 5.11 Å². The Kier molecular flexibility index (Phi) is 6.75. The van der Waals surface area contributed by atoms with E-state index in [1.165, 1.54) is 0 Å². The van der Waals surface area contributed by atoms with E-state index in [9.17, 15) is 9.59 Å². The van der Waals surface area contributed by atoms with Crippen molar-refractivity contribution in [1.29, 1.82) is 0 Å². The van der Waals surface area contributed by atoms with Crippen LogP contribution in [0.4, 0.5) is 0 Å². The number of carbonyl (C=O) groups is 2. The van der Waals surface area contributed by atoms with E-state index in [0.29, 0.717) is 22.2 Å². The molecular formula is C12H15ClN4O2S. The Hall–Kier alpha value is -1.86. The fourth-order valence-electron chi connectivity index (χ4n) is 1.28. The van der Waals surface area contributed by atoms with Crippen LogP contribution in [-0.4, -0.2) is 30.0 Å². The van der Waals surface area contributed by atoms with Crippen LogP contribution in [0, 0.1) is 0 Å². The van der Waals surface area contributed by atoms with Gasteiger partial charge >= 0.3 is 0 Å². The summed E-state index contributed by atoms with van der Waals surface area (Å²) < 4.78 is 0. The highest BCUT2D eigenvalue weighted by Crippen LogP contribution is 2.14. The van der Waals surface area contributed by atoms with Crippen molar-refractivity contribution in [3.63, 3.8) is 0 Å². The highest BCUT2D eigenvalue weighted by atomic mass is 35.5. The number of nitrogens with one attached hydrogen (secondary N) is 4. The van der Waals surface area contributed by atoms with E-state index >= 15 is 0 Å². The number of amides is 2. The zero-order valence-corrected chi connectivity index (χ0v) is 12.4. The third-order valence-electron chi connectivity index (χ3n) is 2.18. The largest absolute Gasteiger partial charge is 0.362 e. The molecule has 0 saturated heterocycles. The molecule has 0 atom stereocenters. The molecule has 1 rings (SSSR count). The van der Waals surface area contributed by atoms with Crippen molar-refractivity contribution in [2.75, 3.05) is 13.1 Å². The number of hydrogen-bond donors (Lipinski definition) is 4. The van der Waals surface area contributed by atoms with Gasteiger partial charge in [0.05, 0.1) is 17.1 Å². The molecule has 8 heteroatoms. The van der Waals surface area contributed by atoms with Gasteiger partial charge in [-0.25, -0.2) is 0 Å². The van der Waals surface area contributed by atoms with Gasteiger partial charge in [0.25, 0.3) is 11.8 Å². The lowest BCUT2D eigenvalue weighted by molar-refractivity contribution is -0.120. The van der Waals surface area contributed by atoms with Gasteiger partial charge in [0.2, 0.25) is 0 Å². The number of halogens is 1. The van der Waals surface area contributed by atoms with Crippen LogP contribution in [-0.2, 0) is 4.79 Å². The number of hydrogen-bond acceptors (Lipinski definition) is 3. The zero-order chi connectivity index (χ0) is 15.0. The Balaban J connectivity index is 2.36. The average Bonchev–Trinajstić information content (AvgIpc) is 2.43. The second-order valence-corrected chi connectivity index (χ2v) is 4.51. The third kappa shape index (κ3) is 5.41. The molecule has 1 aromatic carbocycles. The predicted molar refractivity (Wildman–Crippen MR) is 81.3 cm³/mol. The van der Waals surface area contributed by atoms with Crippen LogP contribution in [0.5, 0.6) is 0 Å². The summed E-state index contributed by atoms with van der Waals surface area (Å²) in [5.41, 5.74) is 5.17. The Bertz CT molecular complexity index is 510. The Labute approximate surface area is 127 Å². The molecule has 0 aliphatic rings. The normalized spacial score (nSPS) is 9.50. The molecule has 0 fully saturated rings. The summed E-state index contributed by atoms with van der Waals surface area (Å²) in [5.74, 6) is -0.842. The monoisotopic (exact) mass is 314 g/mol. The summed E-state index contributed by atoms with van der Waals surface area (Å²) in [6.07, 6.45) is 0. The van der Waals surface area contributed by atoms with Crippen molar-refractivity contribution >= 4 is 40.7 Å². The molecule has 20 heavy (non-hydrogen) atoms. The van der Waals surface area contributed by atoms with Crippen LogP contribution in [0.2, 0.25) is 5.02 Å². The molecule has 0 saturated carbocycles. The van der Waals surface area contributed by atoms with Crippen LogP contribution in [0.15, 0.2) is 24.3 Å². The van der Waals surface area contributed by atoms with Gasteiger partial charge in [0, 0.05) is 6.54 Å². The second kappa shape index (κ2) is 8.34. The van der Waals surface area contributed by atoms with E-state index in [0.717, 1.165) is 0 Å². The first-order valence-electron chi connectivity index (χ1n) is 5.90. The summed E-state index contributed by atoms with van der Waals surface area (Å²) in [7, 11) is 0. The Morgan fingerprint density at radius 3 is 2.55 bits per heavy atom. The number of hydrazine groups is 1. The van der Waals surface area contributed by atoms with Gasteiger partial charge < -0.3 is 10.6 Å². The standard InChI is InChI=1S/C12H15ClN4O2S/c1-2-14-12(20)17-16-10(18)7-15-11(19)8-5-3-4-6-9(8)13/h3-6H,2,7H2,1H3,(H,15,19)(H,16,18)(H2,14,17,20). The molecular weight excluding hydrogens is 300 g/mol. The minimum atomic E-state index is -0.425. The molecule has 0 heterocycles. The Morgan fingerprint density at radius 2 is 1.90 bits per heavy atom. The van der Waals surface area contributed by atoms with Crippen LogP contribution < -0.4 is 21.5 Å². The van der Waals surface area contributed by atoms with Crippen LogP contribution in [0.1, 0.15) is 17.3 Å². The van der Waals surface area contributed by atoms with Gasteiger partial charge in [-0.15, -0.1) is 0 Å². The lowest BCUT2D eigenvalue weighted by Crippen LogP contribution is -2.49. The lowest BCUT2D eigenvalue weighted by atomic mass is 10.2. The topological polar surface area (TPSA) is 82.3 Å². The van der Waals surface area contributed by atoms with Crippen LogP contribution in [0.25, 0.3) is 0 Å². The van der Waals surface area contributed by atoms with Crippen molar-refractivity contribution in [1.82, 2.24) is 21.5 Å². The molecule has 0 aliphatic heterocycles. The maximum atomic E-state index is 11.8. The molecule has 1 aromatic rings. The van der Waals surface area contributed by atoms with Gasteiger partial charge in [-0.05, 0) is 31.3 Å². The minimum absolute atomic E-state index is 0.189. The van der Waals surface area contributed by atoms with E-state index in [1.807, 2.05) is 6.92 Å². The van der Waals surface area contributed by atoms with Crippen molar-refractivity contribution in [2.24, 2.45) is 0 Å². The minimum Gasteiger partial charge on any atom is -0.362 e. The first-order valence-corrected chi connectivity index (χ1v) is 6.68. The van der Waals surface area contributed by atoms with E-state index < -0.39 is 11.8 Å². The molecule has 0 unspecified atom stereocenters. The molecule has 4 N–H and O–H groups in total. The van der Waals surface area contributed by atoms with Crippen molar-refractivity contribution < 1.29 is 9.59 Å². The third-order valence-corrected chi connectivity index (χ3v) is 2.76. The maximum absolute atomic E-state index is 11.8. The van der Waals surface area contributed by atoms with Gasteiger partial charge in [-0.1, -0.05) is 23.7 Å². The van der Waals surface area contributed by atoms with Crippen molar-refractivity contribution in [3.8, 4) is 0 Å². The van der Waals surface area contributed by atoms with E-state index in [-0.39, 0.29) is 6.54 Å². The summed E-state index contributed by atoms with van der Waals surface area (Å²) in [5, 5.41) is 5.89. The van der Waals surface area contributed by atoms with E-state index in [2.05, 4.69) is 21.5 Å². The van der Waals surface area contributed by atoms with Gasteiger partial charge in [-0.3, -0.25) is 20.4 Å². The highest BCUT2D eigenvalue weighted by molar-refractivity contribution is 7.80. The van der Waals surface area contributed by atoms with Gasteiger partial charge in [-0.2, -0.15) is 0 Å². The molecule has 108 valence electrons. The van der Waals surface area contributed by atoms with Crippen molar-refractivity contribution in [2.45, 2.75) is 6.92 Å². The summed E-state index contributed by atoms with van der Waals surface area (Å²) in [6, 6.07) is 6.59. The molecule has 6 nitrogen and oxygen atoms in total. The fraction of sp³-hybridized carbons (Fsp3) is 0.250. The first-order chi connectivity index (χ1) is 9.54. The van der Waals surface area contributed by atoms with E-state index in [4.69, 9.17) is 23.8 Å². The molecule has 2 amide bonds. The smallest absolute Gasteiger partial charge is 0.257 e. The molecule has 0 aromatic heterocycles. The molecule has 0 aliphatic carbocycles. The number of benzene rings is 1. The second-order valence-electron chi connectivity index (χ2n) is 3.70. The summed E-state index contributed by atoms with van der Waals surface area (Å²) in [6.45, 7) is 2.33.